The molecule has 0 spiro atoms. The Morgan fingerprint density at radius 1 is 1.18 bits per heavy atom. The molecule has 2 saturated heterocycles. The van der Waals surface area contributed by atoms with Gasteiger partial charge in [-0.1, -0.05) is 13.8 Å². The standard InChI is InChI=1S/C21H41N5O2/c1-7-28-20(27)25-10-8-18(9-11-25)24-19(22-6)23-15-21(4,5)26-13-16(2)12-17(3)14-26/h16-18H,7-15H2,1-6H3,(H2,22,23,24). The van der Waals surface area contributed by atoms with E-state index in [-0.39, 0.29) is 11.6 Å². The fourth-order valence-corrected chi connectivity index (χ4v) is 4.38. The molecule has 0 aliphatic carbocycles. The van der Waals surface area contributed by atoms with Crippen LogP contribution in [0.15, 0.2) is 4.99 Å². The van der Waals surface area contributed by atoms with Gasteiger partial charge in [0, 0.05) is 51.4 Å². The van der Waals surface area contributed by atoms with Crippen molar-refractivity contribution in [2.24, 2.45) is 16.8 Å². The number of hydrogen-bond donors (Lipinski definition) is 2. The molecule has 2 aliphatic heterocycles. The zero-order valence-electron chi connectivity index (χ0n) is 18.8. The number of aliphatic imine (C=N–C) groups is 1. The third-order valence-electron chi connectivity index (χ3n) is 6.00. The summed E-state index contributed by atoms with van der Waals surface area (Å²) in [4.78, 5) is 20.7. The molecule has 2 fully saturated rings. The third kappa shape index (κ3) is 6.54. The molecule has 0 bridgehead atoms. The van der Waals surface area contributed by atoms with Crippen LogP contribution in [0.4, 0.5) is 4.79 Å². The summed E-state index contributed by atoms with van der Waals surface area (Å²) in [6.45, 7) is 16.2. The highest BCUT2D eigenvalue weighted by molar-refractivity contribution is 5.80. The summed E-state index contributed by atoms with van der Waals surface area (Å²) in [7, 11) is 1.82. The maximum atomic E-state index is 11.8. The van der Waals surface area contributed by atoms with Crippen molar-refractivity contribution in [3.05, 3.63) is 0 Å². The Morgan fingerprint density at radius 3 is 2.32 bits per heavy atom. The largest absolute Gasteiger partial charge is 0.450 e. The molecule has 0 aromatic heterocycles. The van der Waals surface area contributed by atoms with E-state index in [1.807, 2.05) is 14.0 Å². The zero-order chi connectivity index (χ0) is 20.7. The Hall–Kier alpha value is -1.50. The number of nitrogens with one attached hydrogen (secondary N) is 2. The highest BCUT2D eigenvalue weighted by Gasteiger charge is 2.33. The van der Waals surface area contributed by atoms with Gasteiger partial charge >= 0.3 is 6.09 Å². The Labute approximate surface area is 171 Å². The van der Waals surface area contributed by atoms with Crippen LogP contribution in [0, 0.1) is 11.8 Å². The smallest absolute Gasteiger partial charge is 0.409 e. The molecule has 162 valence electrons. The van der Waals surface area contributed by atoms with Crippen molar-refractivity contribution in [1.29, 1.82) is 0 Å². The van der Waals surface area contributed by atoms with Gasteiger partial charge in [-0.2, -0.15) is 0 Å². The predicted octanol–water partition coefficient (Wildman–Crippen LogP) is 2.53. The summed E-state index contributed by atoms with van der Waals surface area (Å²) in [6.07, 6.45) is 2.94. The first kappa shape index (κ1) is 22.8. The van der Waals surface area contributed by atoms with Gasteiger partial charge in [0.1, 0.15) is 0 Å². The van der Waals surface area contributed by atoms with Gasteiger partial charge < -0.3 is 20.3 Å². The summed E-state index contributed by atoms with van der Waals surface area (Å²) in [5, 5.41) is 7.06. The summed E-state index contributed by atoms with van der Waals surface area (Å²) >= 11 is 0. The molecule has 0 radical (unpaired) electrons. The first-order valence-corrected chi connectivity index (χ1v) is 10.9. The lowest BCUT2D eigenvalue weighted by Gasteiger charge is -2.45. The van der Waals surface area contributed by atoms with Crippen molar-refractivity contribution >= 4 is 12.1 Å². The number of carbonyl (C=O) groups excluding carboxylic acids is 1. The Bertz CT molecular complexity index is 519. The molecule has 2 aliphatic rings. The van der Waals surface area contributed by atoms with Gasteiger partial charge in [-0.05, 0) is 51.9 Å². The maximum Gasteiger partial charge on any atom is 0.409 e. The van der Waals surface area contributed by atoms with Crippen molar-refractivity contribution in [2.75, 3.05) is 46.4 Å². The number of piperidine rings is 2. The lowest BCUT2D eigenvalue weighted by Crippen LogP contribution is -2.58. The molecule has 28 heavy (non-hydrogen) atoms. The molecule has 7 heteroatoms. The maximum absolute atomic E-state index is 11.8. The van der Waals surface area contributed by atoms with Gasteiger partial charge in [-0.25, -0.2) is 4.79 Å². The average Bonchev–Trinajstić information content (AvgIpc) is 2.65. The number of amides is 1. The Morgan fingerprint density at radius 2 is 1.79 bits per heavy atom. The van der Waals surface area contributed by atoms with Crippen molar-refractivity contribution in [1.82, 2.24) is 20.4 Å². The first-order chi connectivity index (χ1) is 13.2. The van der Waals surface area contributed by atoms with E-state index in [4.69, 9.17) is 4.74 Å². The topological polar surface area (TPSA) is 69.2 Å². The van der Waals surface area contributed by atoms with E-state index in [0.29, 0.717) is 12.6 Å². The minimum Gasteiger partial charge on any atom is -0.450 e. The molecule has 2 heterocycles. The molecule has 0 saturated carbocycles. The van der Waals surface area contributed by atoms with E-state index in [0.717, 1.165) is 63.4 Å². The van der Waals surface area contributed by atoms with Crippen LogP contribution in [0.25, 0.3) is 0 Å². The number of likely N-dealkylation sites (tertiary alicyclic amines) is 2. The first-order valence-electron chi connectivity index (χ1n) is 10.9. The summed E-state index contributed by atoms with van der Waals surface area (Å²) in [6, 6.07) is 0.329. The minimum atomic E-state index is -0.199. The van der Waals surface area contributed by atoms with Crippen LogP contribution in [0.3, 0.4) is 0 Å². The lowest BCUT2D eigenvalue weighted by molar-refractivity contribution is 0.0483. The second-order valence-corrected chi connectivity index (χ2v) is 9.19. The van der Waals surface area contributed by atoms with E-state index >= 15 is 0 Å². The molecule has 0 aromatic carbocycles. The van der Waals surface area contributed by atoms with Crippen molar-refractivity contribution in [3.63, 3.8) is 0 Å². The number of carbonyl (C=O) groups is 1. The number of nitrogens with zero attached hydrogens (tertiary/aromatic N) is 3. The van der Waals surface area contributed by atoms with Crippen molar-refractivity contribution in [2.45, 2.75) is 65.5 Å². The normalized spacial score (nSPS) is 25.5. The molecule has 2 N–H and O–H groups in total. The van der Waals surface area contributed by atoms with Gasteiger partial charge in [-0.3, -0.25) is 9.89 Å². The van der Waals surface area contributed by atoms with Crippen LogP contribution in [-0.2, 0) is 4.74 Å². The van der Waals surface area contributed by atoms with Crippen molar-refractivity contribution < 1.29 is 9.53 Å². The number of ether oxygens (including phenoxy) is 1. The van der Waals surface area contributed by atoms with Gasteiger partial charge in [0.25, 0.3) is 0 Å². The van der Waals surface area contributed by atoms with E-state index in [1.54, 1.807) is 4.90 Å². The summed E-state index contributed by atoms with van der Waals surface area (Å²) in [5.74, 6) is 2.36. The number of hydrogen-bond acceptors (Lipinski definition) is 4. The molecule has 7 nitrogen and oxygen atoms in total. The van der Waals surface area contributed by atoms with E-state index in [2.05, 4.69) is 48.2 Å². The van der Waals surface area contributed by atoms with E-state index < -0.39 is 0 Å². The number of guanidine groups is 1. The van der Waals surface area contributed by atoms with E-state index in [9.17, 15) is 4.79 Å². The molecule has 2 rings (SSSR count). The summed E-state index contributed by atoms with van der Waals surface area (Å²) < 4.78 is 5.09. The fraction of sp³-hybridized carbons (Fsp3) is 0.905. The molecule has 2 unspecified atom stereocenters. The fourth-order valence-electron chi connectivity index (χ4n) is 4.38. The van der Waals surface area contributed by atoms with Gasteiger partial charge in [0.05, 0.1) is 6.61 Å². The van der Waals surface area contributed by atoms with Crippen LogP contribution in [-0.4, -0.2) is 79.8 Å². The van der Waals surface area contributed by atoms with Crippen LogP contribution in [0.5, 0.6) is 0 Å². The quantitative estimate of drug-likeness (QED) is 0.553. The van der Waals surface area contributed by atoms with Crippen LogP contribution in [0.1, 0.15) is 53.9 Å². The van der Waals surface area contributed by atoms with Crippen LogP contribution >= 0.6 is 0 Å². The zero-order valence-corrected chi connectivity index (χ0v) is 18.8. The Balaban J connectivity index is 1.79. The highest BCUT2D eigenvalue weighted by Crippen LogP contribution is 2.26. The summed E-state index contributed by atoms with van der Waals surface area (Å²) in [5.41, 5.74) is 0.0772. The minimum absolute atomic E-state index is 0.0772. The SMILES string of the molecule is CCOC(=O)N1CCC(NC(=NC)NCC(C)(C)N2CC(C)CC(C)C2)CC1. The Kier molecular flexibility index (Phi) is 8.40. The molecule has 1 amide bonds. The highest BCUT2D eigenvalue weighted by atomic mass is 16.6. The second kappa shape index (κ2) is 10.3. The monoisotopic (exact) mass is 395 g/mol. The van der Waals surface area contributed by atoms with Crippen molar-refractivity contribution in [3.8, 4) is 0 Å². The molecule has 2 atom stereocenters. The van der Waals surface area contributed by atoms with E-state index in [1.165, 1.54) is 6.42 Å². The second-order valence-electron chi connectivity index (χ2n) is 9.19. The molecular weight excluding hydrogens is 354 g/mol. The predicted molar refractivity (Wildman–Crippen MR) is 115 cm³/mol. The van der Waals surface area contributed by atoms with Gasteiger partial charge in [0.2, 0.25) is 0 Å². The molecule has 0 aromatic rings. The average molecular weight is 396 g/mol. The van der Waals surface area contributed by atoms with Crippen LogP contribution in [0.2, 0.25) is 0 Å². The third-order valence-corrected chi connectivity index (χ3v) is 6.00. The molecular formula is C21H41N5O2. The number of rotatable bonds is 5. The van der Waals surface area contributed by atoms with Gasteiger partial charge in [-0.15, -0.1) is 0 Å². The lowest BCUT2D eigenvalue weighted by atomic mass is 9.88. The van der Waals surface area contributed by atoms with Crippen LogP contribution < -0.4 is 10.6 Å². The van der Waals surface area contributed by atoms with Gasteiger partial charge in [0.15, 0.2) is 5.96 Å².